The third kappa shape index (κ3) is 2.48. The van der Waals surface area contributed by atoms with Gasteiger partial charge in [0.25, 0.3) is 0 Å². The first-order chi connectivity index (χ1) is 8.84. The van der Waals surface area contributed by atoms with Crippen molar-refractivity contribution in [3.63, 3.8) is 0 Å². The SMILES string of the molecule is O=C(OCc1ccccc1)N1CCCO[C@@H]2C[C@@H]21. The summed E-state index contributed by atoms with van der Waals surface area (Å²) in [6, 6.07) is 10.00. The quantitative estimate of drug-likeness (QED) is 0.804. The number of hydrogen-bond donors (Lipinski definition) is 0. The number of carbonyl (C=O) groups excluding carboxylic acids is 1. The summed E-state index contributed by atoms with van der Waals surface area (Å²) in [5.41, 5.74) is 1.02. The average Bonchev–Trinajstić information content (AvgIpc) is 3.16. The molecule has 0 unspecified atom stereocenters. The Morgan fingerprint density at radius 1 is 1.39 bits per heavy atom. The molecule has 1 aliphatic heterocycles. The minimum absolute atomic E-state index is 0.211. The van der Waals surface area contributed by atoms with Gasteiger partial charge in [-0.1, -0.05) is 30.3 Å². The second-order valence-corrected chi connectivity index (χ2v) is 4.80. The van der Waals surface area contributed by atoms with Crippen molar-refractivity contribution >= 4 is 6.09 Å². The highest BCUT2D eigenvalue weighted by Crippen LogP contribution is 2.34. The fourth-order valence-electron chi connectivity index (χ4n) is 2.33. The summed E-state index contributed by atoms with van der Waals surface area (Å²) in [5, 5.41) is 0. The number of fused-ring (bicyclic) bond motifs is 1. The van der Waals surface area contributed by atoms with Crippen LogP contribution in [0.3, 0.4) is 0 Å². The van der Waals surface area contributed by atoms with E-state index in [1.807, 2.05) is 35.2 Å². The van der Waals surface area contributed by atoms with Crippen LogP contribution in [0.2, 0.25) is 0 Å². The lowest BCUT2D eigenvalue weighted by molar-refractivity contribution is 0.0902. The second-order valence-electron chi connectivity index (χ2n) is 4.80. The number of carbonyl (C=O) groups is 1. The first-order valence-corrected chi connectivity index (χ1v) is 6.43. The molecule has 1 saturated heterocycles. The second kappa shape index (κ2) is 4.98. The molecule has 0 N–H and O–H groups in total. The number of benzene rings is 1. The van der Waals surface area contributed by atoms with Crippen molar-refractivity contribution in [1.29, 1.82) is 0 Å². The largest absolute Gasteiger partial charge is 0.445 e. The smallest absolute Gasteiger partial charge is 0.410 e. The van der Waals surface area contributed by atoms with E-state index in [4.69, 9.17) is 9.47 Å². The fourth-order valence-corrected chi connectivity index (χ4v) is 2.33. The highest BCUT2D eigenvalue weighted by Gasteiger charge is 2.46. The Morgan fingerprint density at radius 3 is 3.06 bits per heavy atom. The maximum Gasteiger partial charge on any atom is 0.410 e. The van der Waals surface area contributed by atoms with Crippen LogP contribution in [-0.2, 0) is 16.1 Å². The van der Waals surface area contributed by atoms with Gasteiger partial charge in [-0.3, -0.25) is 0 Å². The van der Waals surface area contributed by atoms with E-state index in [0.717, 1.165) is 31.6 Å². The number of hydrogen-bond acceptors (Lipinski definition) is 3. The van der Waals surface area contributed by atoms with Crippen molar-refractivity contribution in [2.24, 2.45) is 0 Å². The molecule has 0 bridgehead atoms. The molecule has 1 aliphatic carbocycles. The molecular formula is C14H17NO3. The summed E-state index contributed by atoms with van der Waals surface area (Å²) in [6.45, 7) is 1.84. The van der Waals surface area contributed by atoms with Gasteiger partial charge in [-0.05, 0) is 18.4 Å². The molecule has 0 radical (unpaired) electrons. The topological polar surface area (TPSA) is 38.8 Å². The molecule has 1 aromatic rings. The lowest BCUT2D eigenvalue weighted by Gasteiger charge is -2.20. The summed E-state index contributed by atoms with van der Waals surface area (Å²) in [4.78, 5) is 13.8. The molecular weight excluding hydrogens is 230 g/mol. The van der Waals surface area contributed by atoms with Crippen LogP contribution in [0.1, 0.15) is 18.4 Å². The van der Waals surface area contributed by atoms with Gasteiger partial charge in [0.15, 0.2) is 0 Å². The highest BCUT2D eigenvalue weighted by molar-refractivity contribution is 5.68. The summed E-state index contributed by atoms with van der Waals surface area (Å²) < 4.78 is 10.9. The van der Waals surface area contributed by atoms with Crippen molar-refractivity contribution in [3.8, 4) is 0 Å². The van der Waals surface area contributed by atoms with Gasteiger partial charge in [0, 0.05) is 13.2 Å². The van der Waals surface area contributed by atoms with E-state index in [1.54, 1.807) is 0 Å². The molecule has 0 aromatic heterocycles. The van der Waals surface area contributed by atoms with E-state index < -0.39 is 0 Å². The average molecular weight is 247 g/mol. The van der Waals surface area contributed by atoms with E-state index in [1.165, 1.54) is 0 Å². The highest BCUT2D eigenvalue weighted by atomic mass is 16.6. The zero-order chi connectivity index (χ0) is 12.4. The fraction of sp³-hybridized carbons (Fsp3) is 0.500. The maximum absolute atomic E-state index is 12.0. The van der Waals surface area contributed by atoms with Crippen LogP contribution >= 0.6 is 0 Å². The van der Waals surface area contributed by atoms with Gasteiger partial charge in [0.1, 0.15) is 6.61 Å². The summed E-state index contributed by atoms with van der Waals surface area (Å²) in [6.07, 6.45) is 1.89. The zero-order valence-electron chi connectivity index (χ0n) is 10.2. The molecule has 0 spiro atoms. The lowest BCUT2D eigenvalue weighted by atomic mass is 10.2. The molecule has 1 amide bonds. The van der Waals surface area contributed by atoms with Crippen molar-refractivity contribution in [1.82, 2.24) is 4.90 Å². The predicted octanol–water partition coefficient (Wildman–Crippen LogP) is 2.19. The van der Waals surface area contributed by atoms with E-state index in [9.17, 15) is 4.79 Å². The number of nitrogens with zero attached hydrogens (tertiary/aromatic N) is 1. The maximum atomic E-state index is 12.0. The summed E-state index contributed by atoms with van der Waals surface area (Å²) >= 11 is 0. The normalized spacial score (nSPS) is 26.1. The molecule has 4 nitrogen and oxygen atoms in total. The number of amides is 1. The Bertz CT molecular complexity index is 420. The molecule has 96 valence electrons. The van der Waals surface area contributed by atoms with E-state index >= 15 is 0 Å². The van der Waals surface area contributed by atoms with Crippen molar-refractivity contribution in [3.05, 3.63) is 35.9 Å². The molecule has 2 aliphatic rings. The van der Waals surface area contributed by atoms with Crippen LogP contribution in [0.5, 0.6) is 0 Å². The predicted molar refractivity (Wildman–Crippen MR) is 66.1 cm³/mol. The van der Waals surface area contributed by atoms with Crippen LogP contribution in [-0.4, -0.2) is 36.3 Å². The molecule has 1 aromatic carbocycles. The summed E-state index contributed by atoms with van der Waals surface area (Å²) in [7, 11) is 0. The molecule has 18 heavy (non-hydrogen) atoms. The zero-order valence-corrected chi connectivity index (χ0v) is 10.2. The van der Waals surface area contributed by atoms with Crippen molar-refractivity contribution in [2.75, 3.05) is 13.2 Å². The first kappa shape index (κ1) is 11.5. The van der Waals surface area contributed by atoms with Crippen LogP contribution in [0.15, 0.2) is 30.3 Å². The Hall–Kier alpha value is -1.55. The number of ether oxygens (including phenoxy) is 2. The molecule has 3 rings (SSSR count). The Balaban J connectivity index is 1.55. The van der Waals surface area contributed by atoms with Crippen LogP contribution in [0.25, 0.3) is 0 Å². The first-order valence-electron chi connectivity index (χ1n) is 6.43. The standard InChI is InChI=1S/C14H17NO3/c16-14(18-10-11-5-2-1-3-6-11)15-7-4-8-17-13-9-12(13)15/h1-3,5-6,12-13H,4,7-10H2/t12-,13+/m0/s1. The van der Waals surface area contributed by atoms with Gasteiger partial charge < -0.3 is 14.4 Å². The minimum atomic E-state index is -0.211. The molecule has 1 saturated carbocycles. The molecule has 1 heterocycles. The third-order valence-corrected chi connectivity index (χ3v) is 3.42. The van der Waals surface area contributed by atoms with Crippen molar-refractivity contribution < 1.29 is 14.3 Å². The Kier molecular flexibility index (Phi) is 3.19. The Morgan fingerprint density at radius 2 is 2.22 bits per heavy atom. The van der Waals surface area contributed by atoms with Gasteiger partial charge in [0.05, 0.1) is 12.1 Å². The van der Waals surface area contributed by atoms with E-state index in [2.05, 4.69) is 0 Å². The van der Waals surface area contributed by atoms with Crippen LogP contribution in [0, 0.1) is 0 Å². The molecule has 2 atom stereocenters. The van der Waals surface area contributed by atoms with Crippen LogP contribution < -0.4 is 0 Å². The van der Waals surface area contributed by atoms with Gasteiger partial charge in [-0.2, -0.15) is 0 Å². The third-order valence-electron chi connectivity index (χ3n) is 3.42. The minimum Gasteiger partial charge on any atom is -0.445 e. The monoisotopic (exact) mass is 247 g/mol. The molecule has 4 heteroatoms. The van der Waals surface area contributed by atoms with Gasteiger partial charge >= 0.3 is 6.09 Å². The van der Waals surface area contributed by atoms with Crippen molar-refractivity contribution in [2.45, 2.75) is 31.6 Å². The van der Waals surface area contributed by atoms with Gasteiger partial charge in [0.2, 0.25) is 0 Å². The summed E-state index contributed by atoms with van der Waals surface area (Å²) in [5.74, 6) is 0. The van der Waals surface area contributed by atoms with E-state index in [0.29, 0.717) is 6.61 Å². The van der Waals surface area contributed by atoms with Crippen LogP contribution in [0.4, 0.5) is 4.79 Å². The molecule has 2 fully saturated rings. The number of rotatable bonds is 2. The Labute approximate surface area is 106 Å². The lowest BCUT2D eigenvalue weighted by Crippen LogP contribution is -2.35. The van der Waals surface area contributed by atoms with Gasteiger partial charge in [-0.25, -0.2) is 4.79 Å². The van der Waals surface area contributed by atoms with E-state index in [-0.39, 0.29) is 18.2 Å². The van der Waals surface area contributed by atoms with Gasteiger partial charge in [-0.15, -0.1) is 0 Å².